The van der Waals surface area contributed by atoms with Crippen LogP contribution in [0.1, 0.15) is 65.1 Å². The summed E-state index contributed by atoms with van der Waals surface area (Å²) in [6, 6.07) is 4.64. The van der Waals surface area contributed by atoms with Crippen molar-refractivity contribution >= 4 is 40.3 Å². The number of aryl methyl sites for hydroxylation is 3. The lowest BCUT2D eigenvalue weighted by Crippen LogP contribution is -2.35. The highest BCUT2D eigenvalue weighted by Gasteiger charge is 2.29. The van der Waals surface area contributed by atoms with E-state index in [4.69, 9.17) is 14.3 Å². The van der Waals surface area contributed by atoms with Gasteiger partial charge in [0.25, 0.3) is 14.1 Å². The van der Waals surface area contributed by atoms with Gasteiger partial charge in [-0.1, -0.05) is 6.92 Å². The number of hydrogen-bond acceptors (Lipinski definition) is 8. The summed E-state index contributed by atoms with van der Waals surface area (Å²) in [7, 11) is -1.32. The second-order valence-electron chi connectivity index (χ2n) is 9.25. The van der Waals surface area contributed by atoms with Crippen molar-refractivity contribution in [2.75, 3.05) is 6.61 Å². The van der Waals surface area contributed by atoms with Gasteiger partial charge >= 0.3 is 0 Å². The smallest absolute Gasteiger partial charge is 0.271 e. The molecule has 3 rings (SSSR count). The van der Waals surface area contributed by atoms with E-state index in [1.165, 1.54) is 11.3 Å². The largest absolute Gasteiger partial charge is 0.321 e. The Balaban J connectivity index is 1.80. The quantitative estimate of drug-likeness (QED) is 0.212. The summed E-state index contributed by atoms with van der Waals surface area (Å²) in [5, 5.41) is 9.90. The van der Waals surface area contributed by atoms with Gasteiger partial charge in [0, 0.05) is 29.7 Å². The maximum Gasteiger partial charge on any atom is 0.271 e. The van der Waals surface area contributed by atoms with Crippen LogP contribution in [0.15, 0.2) is 17.2 Å². The summed E-state index contributed by atoms with van der Waals surface area (Å²) in [4.78, 5) is 23.4. The highest BCUT2D eigenvalue weighted by atomic mass is 32.1. The minimum Gasteiger partial charge on any atom is -0.321 e. The lowest BCUT2D eigenvalue weighted by Gasteiger charge is -2.37. The molecule has 35 heavy (non-hydrogen) atoms. The maximum absolute atomic E-state index is 13.3. The van der Waals surface area contributed by atoms with Crippen molar-refractivity contribution in [2.24, 2.45) is 0 Å². The Morgan fingerprint density at radius 1 is 1.26 bits per heavy atom. The molecular formula is C25H36N5O3PS. The van der Waals surface area contributed by atoms with Crippen LogP contribution in [0.5, 0.6) is 0 Å². The molecule has 0 amide bonds. The zero-order chi connectivity index (χ0) is 25.7. The summed E-state index contributed by atoms with van der Waals surface area (Å²) in [5.74, 6) is 0. The minimum atomic E-state index is -1.32. The summed E-state index contributed by atoms with van der Waals surface area (Å²) < 4.78 is 17.1. The van der Waals surface area contributed by atoms with Gasteiger partial charge in [0.2, 0.25) is 0 Å². The van der Waals surface area contributed by atoms with E-state index in [9.17, 15) is 4.79 Å². The first-order chi connectivity index (χ1) is 16.7. The molecule has 8 nitrogen and oxygen atoms in total. The Hall–Kier alpha value is -1.95. The number of fused-ring (bicyclic) bond motifs is 3. The molecule has 0 fully saturated rings. The third kappa shape index (κ3) is 6.44. The van der Waals surface area contributed by atoms with Gasteiger partial charge in [-0.25, -0.2) is 14.6 Å². The van der Waals surface area contributed by atoms with E-state index in [0.29, 0.717) is 30.7 Å². The van der Waals surface area contributed by atoms with E-state index in [1.54, 1.807) is 10.9 Å². The SMILES string of the molecule is CCC(CCn1cnc2c(sc3nc(C)cc(C)c32)c1=O)OP(OCCC#N)N(C(C)C)C(C)C. The molecule has 3 heterocycles. The molecule has 3 aromatic rings. The molecule has 0 aromatic carbocycles. The number of nitriles is 1. The Morgan fingerprint density at radius 2 is 1.97 bits per heavy atom. The maximum atomic E-state index is 13.3. The molecule has 3 aromatic heterocycles. The molecule has 0 bridgehead atoms. The van der Waals surface area contributed by atoms with Crippen LogP contribution in [0.3, 0.4) is 0 Å². The highest BCUT2D eigenvalue weighted by Crippen LogP contribution is 2.47. The van der Waals surface area contributed by atoms with Crippen LogP contribution in [0.25, 0.3) is 20.4 Å². The monoisotopic (exact) mass is 517 g/mol. The molecule has 0 aliphatic heterocycles. The van der Waals surface area contributed by atoms with Gasteiger partial charge in [0.05, 0.1) is 37.0 Å². The number of rotatable bonds is 12. The van der Waals surface area contributed by atoms with Gasteiger partial charge in [0.1, 0.15) is 9.53 Å². The van der Waals surface area contributed by atoms with Gasteiger partial charge in [-0.3, -0.25) is 9.36 Å². The van der Waals surface area contributed by atoms with Gasteiger partial charge in [-0.15, -0.1) is 11.3 Å². The van der Waals surface area contributed by atoms with Gasteiger partial charge in [0.15, 0.2) is 0 Å². The molecule has 2 unspecified atom stereocenters. The standard InChI is InChI=1S/C25H36N5O3PS/c1-8-20(33-34(32-13-9-11-26)30(16(2)3)17(4)5)10-12-29-15-27-22-21-18(6)14-19(7)28-24(21)35-23(22)25(29)31/h14-17,20H,8-10,12-13H2,1-7H3. The van der Waals surface area contributed by atoms with Crippen molar-refractivity contribution < 1.29 is 9.05 Å². The van der Waals surface area contributed by atoms with Gasteiger partial charge in [-0.05, 0) is 66.0 Å². The number of thiophene rings is 1. The second-order valence-corrected chi connectivity index (χ2v) is 11.7. The first-order valence-electron chi connectivity index (χ1n) is 12.2. The third-order valence-electron chi connectivity index (χ3n) is 5.79. The Kier molecular flexibility index (Phi) is 9.74. The van der Waals surface area contributed by atoms with Gasteiger partial charge in [-0.2, -0.15) is 5.26 Å². The summed E-state index contributed by atoms with van der Waals surface area (Å²) in [6.45, 7) is 15.4. The van der Waals surface area contributed by atoms with Crippen molar-refractivity contribution in [2.45, 2.75) is 92.5 Å². The molecule has 0 N–H and O–H groups in total. The van der Waals surface area contributed by atoms with E-state index in [0.717, 1.165) is 33.4 Å². The van der Waals surface area contributed by atoms with E-state index < -0.39 is 8.53 Å². The Labute approximate surface area is 212 Å². The predicted molar refractivity (Wildman–Crippen MR) is 144 cm³/mol. The lowest BCUT2D eigenvalue weighted by atomic mass is 10.1. The molecule has 0 aliphatic rings. The van der Waals surface area contributed by atoms with Crippen molar-refractivity contribution in [1.29, 1.82) is 5.26 Å². The number of hydrogen-bond donors (Lipinski definition) is 0. The number of nitrogens with zero attached hydrogens (tertiary/aromatic N) is 5. The zero-order valence-corrected chi connectivity index (χ0v) is 23.4. The molecular weight excluding hydrogens is 481 g/mol. The van der Waals surface area contributed by atoms with Crippen molar-refractivity contribution in [3.63, 3.8) is 0 Å². The predicted octanol–water partition coefficient (Wildman–Crippen LogP) is 6.08. The summed E-state index contributed by atoms with van der Waals surface area (Å²) in [6.07, 6.45) is 3.34. The van der Waals surface area contributed by atoms with E-state index >= 15 is 0 Å². The average molecular weight is 518 g/mol. The number of aromatic nitrogens is 3. The van der Waals surface area contributed by atoms with Gasteiger partial charge < -0.3 is 9.05 Å². The summed E-state index contributed by atoms with van der Waals surface area (Å²) >= 11 is 1.41. The van der Waals surface area contributed by atoms with Crippen LogP contribution in [0.4, 0.5) is 0 Å². The first-order valence-corrected chi connectivity index (χ1v) is 14.1. The third-order valence-corrected chi connectivity index (χ3v) is 9.04. The summed E-state index contributed by atoms with van der Waals surface area (Å²) in [5.41, 5.74) is 2.73. The molecule has 0 radical (unpaired) electrons. The zero-order valence-electron chi connectivity index (χ0n) is 21.7. The highest BCUT2D eigenvalue weighted by molar-refractivity contribution is 7.44. The molecule has 2 atom stereocenters. The fourth-order valence-electron chi connectivity index (χ4n) is 4.20. The van der Waals surface area contributed by atoms with Crippen LogP contribution in [-0.2, 0) is 15.6 Å². The van der Waals surface area contributed by atoms with Crippen LogP contribution in [0, 0.1) is 25.2 Å². The topological polar surface area (TPSA) is 93.3 Å². The van der Waals surface area contributed by atoms with Crippen LogP contribution in [-0.4, -0.2) is 44.0 Å². The molecule has 0 aliphatic carbocycles. The fraction of sp³-hybridized carbons (Fsp3) is 0.600. The molecule has 0 spiro atoms. The van der Waals surface area contributed by atoms with E-state index in [2.05, 4.69) is 55.3 Å². The Morgan fingerprint density at radius 3 is 2.60 bits per heavy atom. The minimum absolute atomic E-state index is 0.0385. The fourth-order valence-corrected chi connectivity index (χ4v) is 7.21. The molecule has 10 heteroatoms. The normalized spacial score (nSPS) is 13.9. The molecule has 190 valence electrons. The number of pyridine rings is 1. The average Bonchev–Trinajstić information content (AvgIpc) is 3.16. The molecule has 0 saturated carbocycles. The van der Waals surface area contributed by atoms with Crippen molar-refractivity contribution in [1.82, 2.24) is 19.2 Å². The van der Waals surface area contributed by atoms with Crippen LogP contribution >= 0.6 is 19.9 Å². The lowest BCUT2D eigenvalue weighted by molar-refractivity contribution is 0.121. The molecule has 0 saturated heterocycles. The van der Waals surface area contributed by atoms with Crippen LogP contribution < -0.4 is 5.56 Å². The van der Waals surface area contributed by atoms with Crippen LogP contribution in [0.2, 0.25) is 0 Å². The first kappa shape index (κ1) is 27.6. The van der Waals surface area contributed by atoms with Crippen molar-refractivity contribution in [3.05, 3.63) is 34.0 Å². The Bertz CT molecular complexity index is 1240. The second kappa shape index (κ2) is 12.3. The van der Waals surface area contributed by atoms with E-state index in [-0.39, 0.29) is 23.7 Å². The van der Waals surface area contributed by atoms with Crippen molar-refractivity contribution in [3.8, 4) is 6.07 Å². The van der Waals surface area contributed by atoms with E-state index in [1.807, 2.05) is 19.9 Å².